The van der Waals surface area contributed by atoms with Gasteiger partial charge in [-0.2, -0.15) is 21.6 Å². The number of nitrogens with zero attached hydrogens (tertiary/aromatic N) is 2. The molecule has 1 aliphatic rings. The molecule has 0 saturated carbocycles. The molecule has 1 saturated heterocycles. The van der Waals surface area contributed by atoms with Gasteiger partial charge in [0.2, 0.25) is 0 Å². The molecule has 3 aromatic rings. The Bertz CT molecular complexity index is 1400. The molecule has 1 atom stereocenters. The fourth-order valence-corrected chi connectivity index (χ4v) is 5.55. The fourth-order valence-electron chi connectivity index (χ4n) is 4.55. The van der Waals surface area contributed by atoms with Gasteiger partial charge < -0.3 is 23.1 Å². The molecular formula is C28H31F3N2O6S. The standard InChI is InChI=1S/C28H31F3N2O6S/c1-3-32(4-2)22-13-12-20(18-33(19-23-9-6-14-37-23)27(34)25-11-7-15-38-25)26(17-22)39-40(35,36)24-10-5-8-21(16-24)28(29,30)31/h5,7-8,10-13,15-17,23H,3-4,6,9,14,18-19H2,1-2H3/t23-/m1/s1. The lowest BCUT2D eigenvalue weighted by Gasteiger charge is -2.27. The minimum absolute atomic E-state index is 0.0502. The van der Waals surface area contributed by atoms with Crippen LogP contribution in [0.2, 0.25) is 0 Å². The van der Waals surface area contributed by atoms with E-state index in [2.05, 4.69) is 0 Å². The first-order chi connectivity index (χ1) is 19.0. The van der Waals surface area contributed by atoms with Gasteiger partial charge in [0.05, 0.1) is 17.9 Å². The van der Waals surface area contributed by atoms with Crippen molar-refractivity contribution in [2.45, 2.75) is 50.4 Å². The van der Waals surface area contributed by atoms with Gasteiger partial charge >= 0.3 is 16.3 Å². The summed E-state index contributed by atoms with van der Waals surface area (Å²) >= 11 is 0. The predicted molar refractivity (Wildman–Crippen MR) is 142 cm³/mol. The van der Waals surface area contributed by atoms with E-state index in [1.165, 1.54) is 23.3 Å². The normalized spacial score (nSPS) is 15.7. The van der Waals surface area contributed by atoms with E-state index in [1.54, 1.807) is 18.2 Å². The van der Waals surface area contributed by atoms with Crippen LogP contribution in [0.1, 0.15) is 48.4 Å². The lowest BCUT2D eigenvalue weighted by Crippen LogP contribution is -2.37. The summed E-state index contributed by atoms with van der Waals surface area (Å²) in [5, 5.41) is 0. The molecule has 1 amide bonds. The van der Waals surface area contributed by atoms with Crippen LogP contribution < -0.4 is 9.08 Å². The van der Waals surface area contributed by atoms with E-state index in [9.17, 15) is 26.4 Å². The molecule has 1 aromatic heterocycles. The largest absolute Gasteiger partial charge is 0.459 e. The molecule has 0 bridgehead atoms. The van der Waals surface area contributed by atoms with E-state index in [4.69, 9.17) is 13.3 Å². The number of alkyl halides is 3. The zero-order valence-corrected chi connectivity index (χ0v) is 23.0. The smallest absolute Gasteiger partial charge is 0.416 e. The summed E-state index contributed by atoms with van der Waals surface area (Å²) in [7, 11) is -4.66. The quantitative estimate of drug-likeness (QED) is 0.268. The summed E-state index contributed by atoms with van der Waals surface area (Å²) < 4.78 is 82.8. The highest BCUT2D eigenvalue weighted by atomic mass is 32.2. The fraction of sp³-hybridized carbons (Fsp3) is 0.393. The Morgan fingerprint density at radius 2 is 1.85 bits per heavy atom. The molecule has 40 heavy (non-hydrogen) atoms. The molecular weight excluding hydrogens is 549 g/mol. The van der Waals surface area contributed by atoms with Crippen LogP contribution in [0.5, 0.6) is 5.75 Å². The maximum absolute atomic E-state index is 13.3. The first-order valence-electron chi connectivity index (χ1n) is 13.0. The van der Waals surface area contributed by atoms with Crippen LogP contribution in [0, 0.1) is 0 Å². The Balaban J connectivity index is 1.72. The molecule has 216 valence electrons. The molecule has 2 heterocycles. The second-order valence-electron chi connectivity index (χ2n) is 9.33. The van der Waals surface area contributed by atoms with Crippen LogP contribution in [0.15, 0.2) is 70.2 Å². The molecule has 4 rings (SSSR count). The number of amides is 1. The first-order valence-corrected chi connectivity index (χ1v) is 14.4. The highest BCUT2D eigenvalue weighted by molar-refractivity contribution is 7.87. The van der Waals surface area contributed by atoms with Gasteiger partial charge in [-0.05, 0) is 63.1 Å². The van der Waals surface area contributed by atoms with Gasteiger partial charge in [-0.1, -0.05) is 12.1 Å². The molecule has 8 nitrogen and oxygen atoms in total. The molecule has 0 unspecified atom stereocenters. The molecule has 0 aliphatic carbocycles. The Morgan fingerprint density at radius 1 is 1.07 bits per heavy atom. The highest BCUT2D eigenvalue weighted by Crippen LogP contribution is 2.33. The summed E-state index contributed by atoms with van der Waals surface area (Å²) in [6.45, 7) is 5.87. The third kappa shape index (κ3) is 6.97. The predicted octanol–water partition coefficient (Wildman–Crippen LogP) is 5.73. The molecule has 2 aromatic carbocycles. The maximum atomic E-state index is 13.3. The van der Waals surface area contributed by atoms with Crippen LogP contribution in [0.3, 0.4) is 0 Å². The number of ether oxygens (including phenoxy) is 1. The summed E-state index contributed by atoms with van der Waals surface area (Å²) in [6, 6.07) is 11.5. The minimum Gasteiger partial charge on any atom is -0.459 e. The van der Waals surface area contributed by atoms with Crippen LogP contribution in [0.4, 0.5) is 18.9 Å². The van der Waals surface area contributed by atoms with Gasteiger partial charge in [0.1, 0.15) is 10.6 Å². The number of hydrogen-bond donors (Lipinski definition) is 0. The van der Waals surface area contributed by atoms with Crippen molar-refractivity contribution >= 4 is 21.7 Å². The van der Waals surface area contributed by atoms with E-state index in [0.29, 0.717) is 37.0 Å². The van der Waals surface area contributed by atoms with E-state index < -0.39 is 32.7 Å². The van der Waals surface area contributed by atoms with Crippen LogP contribution in [-0.4, -0.2) is 51.6 Å². The van der Waals surface area contributed by atoms with Gasteiger partial charge in [0.25, 0.3) is 5.91 Å². The number of anilines is 1. The van der Waals surface area contributed by atoms with Crippen molar-refractivity contribution in [3.8, 4) is 5.75 Å². The van der Waals surface area contributed by atoms with E-state index in [1.807, 2.05) is 18.7 Å². The van der Waals surface area contributed by atoms with Crippen molar-refractivity contribution in [3.63, 3.8) is 0 Å². The third-order valence-electron chi connectivity index (χ3n) is 6.66. The average Bonchev–Trinajstić information content (AvgIpc) is 3.64. The average molecular weight is 581 g/mol. The molecule has 1 fully saturated rings. The van der Waals surface area contributed by atoms with Crippen molar-refractivity contribution in [1.29, 1.82) is 0 Å². The van der Waals surface area contributed by atoms with Crippen LogP contribution >= 0.6 is 0 Å². The zero-order valence-electron chi connectivity index (χ0n) is 22.2. The Kier molecular flexibility index (Phi) is 9.09. The van der Waals surface area contributed by atoms with Crippen molar-refractivity contribution < 1.29 is 39.7 Å². The summed E-state index contributed by atoms with van der Waals surface area (Å²) in [5.74, 6) is -0.400. The second kappa shape index (κ2) is 12.3. The second-order valence-corrected chi connectivity index (χ2v) is 10.9. The Hall–Kier alpha value is -3.51. The topological polar surface area (TPSA) is 89.3 Å². The SMILES string of the molecule is CCN(CC)c1ccc(CN(C[C@H]2CCCO2)C(=O)c2ccco2)c(OS(=O)(=O)c2cccc(C(F)(F)F)c2)c1. The third-order valence-corrected chi connectivity index (χ3v) is 7.89. The molecule has 0 N–H and O–H groups in total. The Labute approximate surface area is 231 Å². The number of halogens is 3. The number of carbonyl (C=O) groups excluding carboxylic acids is 1. The van der Waals surface area contributed by atoms with Gasteiger partial charge in [-0.15, -0.1) is 0 Å². The van der Waals surface area contributed by atoms with Crippen molar-refractivity contribution in [2.24, 2.45) is 0 Å². The lowest BCUT2D eigenvalue weighted by atomic mass is 10.1. The Morgan fingerprint density at radius 3 is 2.48 bits per heavy atom. The zero-order chi connectivity index (χ0) is 28.9. The lowest BCUT2D eigenvalue weighted by molar-refractivity contribution is -0.137. The summed E-state index contributed by atoms with van der Waals surface area (Å²) in [5.41, 5.74) is -0.100. The number of hydrogen-bond acceptors (Lipinski definition) is 7. The maximum Gasteiger partial charge on any atom is 0.416 e. The minimum atomic E-state index is -4.73. The van der Waals surface area contributed by atoms with Crippen molar-refractivity contribution in [2.75, 3.05) is 31.1 Å². The monoisotopic (exact) mass is 580 g/mol. The summed E-state index contributed by atoms with van der Waals surface area (Å²) in [4.78, 5) is 16.1. The summed E-state index contributed by atoms with van der Waals surface area (Å²) in [6.07, 6.45) is -1.93. The number of carbonyl (C=O) groups is 1. The van der Waals surface area contributed by atoms with Gasteiger partial charge in [0.15, 0.2) is 5.76 Å². The van der Waals surface area contributed by atoms with Crippen molar-refractivity contribution in [3.05, 3.63) is 77.7 Å². The molecule has 0 radical (unpaired) electrons. The van der Waals surface area contributed by atoms with E-state index >= 15 is 0 Å². The van der Waals surface area contributed by atoms with Gasteiger partial charge in [-0.3, -0.25) is 4.79 Å². The highest BCUT2D eigenvalue weighted by Gasteiger charge is 2.33. The van der Waals surface area contributed by atoms with Crippen LogP contribution in [0.25, 0.3) is 0 Å². The van der Waals surface area contributed by atoms with Gasteiger partial charge in [0, 0.05) is 50.1 Å². The van der Waals surface area contributed by atoms with Crippen LogP contribution in [-0.2, 0) is 27.6 Å². The number of furan rings is 1. The van der Waals surface area contributed by atoms with E-state index in [0.717, 1.165) is 31.0 Å². The molecule has 12 heteroatoms. The molecule has 0 spiro atoms. The van der Waals surface area contributed by atoms with E-state index in [-0.39, 0.29) is 30.7 Å². The van der Waals surface area contributed by atoms with Crippen molar-refractivity contribution in [1.82, 2.24) is 4.90 Å². The van der Waals surface area contributed by atoms with Gasteiger partial charge in [-0.25, -0.2) is 0 Å². The number of benzene rings is 2. The molecule has 1 aliphatic heterocycles. The first kappa shape index (κ1) is 29.5. The number of rotatable bonds is 11.